The van der Waals surface area contributed by atoms with Gasteiger partial charge in [0.25, 0.3) is 5.79 Å². The van der Waals surface area contributed by atoms with Crippen LogP contribution in [0.5, 0.6) is 0 Å². The lowest BCUT2D eigenvalue weighted by molar-refractivity contribution is -0.222. The summed E-state index contributed by atoms with van der Waals surface area (Å²) in [5, 5.41) is 2.85. The van der Waals surface area contributed by atoms with Crippen molar-refractivity contribution in [3.05, 3.63) is 41.6 Å². The van der Waals surface area contributed by atoms with Crippen molar-refractivity contribution in [1.82, 2.24) is 0 Å². The summed E-state index contributed by atoms with van der Waals surface area (Å²) < 4.78 is 15.5. The number of cyclic esters (lactones) is 2. The Morgan fingerprint density at radius 3 is 1.73 bits per heavy atom. The van der Waals surface area contributed by atoms with Crippen molar-refractivity contribution in [2.45, 2.75) is 116 Å². The van der Waals surface area contributed by atoms with Gasteiger partial charge in [0.05, 0.1) is 12.2 Å². The molecule has 7 heteroatoms. The maximum atomic E-state index is 12.3. The topological polar surface area (TPSA) is 90.9 Å². The number of benzene rings is 1. The predicted molar refractivity (Wildman–Crippen MR) is 145 cm³/mol. The summed E-state index contributed by atoms with van der Waals surface area (Å²) in [6.45, 7) is 5.66. The largest absolute Gasteiger partial charge is 0.462 e. The first-order valence-corrected chi connectivity index (χ1v) is 14.0. The highest BCUT2D eigenvalue weighted by Gasteiger charge is 2.38. The van der Waals surface area contributed by atoms with E-state index in [0.29, 0.717) is 17.9 Å². The summed E-state index contributed by atoms with van der Waals surface area (Å²) in [7, 11) is 0. The van der Waals surface area contributed by atoms with Gasteiger partial charge in [-0.05, 0) is 30.7 Å². The number of anilines is 1. The van der Waals surface area contributed by atoms with Crippen molar-refractivity contribution in [2.24, 2.45) is 0 Å². The van der Waals surface area contributed by atoms with E-state index in [2.05, 4.69) is 12.2 Å². The van der Waals surface area contributed by atoms with Crippen molar-refractivity contribution in [2.75, 3.05) is 11.9 Å². The van der Waals surface area contributed by atoms with E-state index in [1.807, 2.05) is 0 Å². The van der Waals surface area contributed by atoms with E-state index in [1.165, 1.54) is 97.1 Å². The summed E-state index contributed by atoms with van der Waals surface area (Å²) in [6.07, 6.45) is 19.3. The summed E-state index contributed by atoms with van der Waals surface area (Å²) in [5.74, 6) is -3.14. The Balaban J connectivity index is 1.53. The third-order valence-corrected chi connectivity index (χ3v) is 6.35. The monoisotopic (exact) mass is 515 g/mol. The zero-order valence-electron chi connectivity index (χ0n) is 22.9. The number of unbranched alkanes of at least 4 members (excludes halogenated alkanes) is 13. The van der Waals surface area contributed by atoms with Gasteiger partial charge >= 0.3 is 17.9 Å². The molecule has 1 aliphatic heterocycles. The molecule has 0 aliphatic carbocycles. The number of carbonyl (C=O) groups excluding carboxylic acids is 3. The van der Waals surface area contributed by atoms with E-state index >= 15 is 0 Å². The van der Waals surface area contributed by atoms with Gasteiger partial charge in [-0.1, -0.05) is 90.4 Å². The molecule has 0 amide bonds. The highest BCUT2D eigenvalue weighted by Crippen LogP contribution is 2.23. The Bertz CT molecular complexity index is 853. The fourth-order valence-corrected chi connectivity index (χ4v) is 4.18. The van der Waals surface area contributed by atoms with Crippen LogP contribution in [0.4, 0.5) is 5.69 Å². The van der Waals surface area contributed by atoms with E-state index < -0.39 is 17.7 Å². The molecule has 1 aromatic carbocycles. The Hall–Kier alpha value is -2.83. The van der Waals surface area contributed by atoms with E-state index in [0.717, 1.165) is 12.8 Å². The van der Waals surface area contributed by atoms with Crippen molar-refractivity contribution in [3.63, 3.8) is 0 Å². The Morgan fingerprint density at radius 2 is 1.24 bits per heavy atom. The molecular formula is C30H45NO6. The lowest BCUT2D eigenvalue weighted by atomic mass is 10.0. The van der Waals surface area contributed by atoms with Crippen LogP contribution < -0.4 is 5.32 Å². The van der Waals surface area contributed by atoms with Gasteiger partial charge in [-0.15, -0.1) is 0 Å². The number of nitrogens with one attached hydrogen (secondary N) is 1. The zero-order valence-corrected chi connectivity index (χ0v) is 22.9. The van der Waals surface area contributed by atoms with Gasteiger partial charge < -0.3 is 19.5 Å². The first-order chi connectivity index (χ1) is 17.8. The van der Waals surface area contributed by atoms with Crippen molar-refractivity contribution in [3.8, 4) is 0 Å². The number of hydrogen-bond acceptors (Lipinski definition) is 7. The van der Waals surface area contributed by atoms with Gasteiger partial charge in [0.2, 0.25) is 0 Å². The highest BCUT2D eigenvalue weighted by atomic mass is 16.7. The van der Waals surface area contributed by atoms with Crippen molar-refractivity contribution < 1.29 is 28.6 Å². The minimum atomic E-state index is -1.28. The molecule has 0 saturated carbocycles. The molecule has 1 N–H and O–H groups in total. The molecule has 0 radical (unpaired) electrons. The van der Waals surface area contributed by atoms with Crippen molar-refractivity contribution >= 4 is 23.6 Å². The lowest BCUT2D eigenvalue weighted by Gasteiger charge is -2.29. The summed E-state index contributed by atoms with van der Waals surface area (Å²) in [6, 6.07) is 6.61. The molecule has 1 saturated heterocycles. The van der Waals surface area contributed by atoms with Crippen LogP contribution in [0.2, 0.25) is 0 Å². The minimum absolute atomic E-state index is 0.226. The van der Waals surface area contributed by atoms with Crippen LogP contribution >= 0.6 is 0 Å². The van der Waals surface area contributed by atoms with Crippen LogP contribution in [0.25, 0.3) is 0 Å². The van der Waals surface area contributed by atoms with E-state index in [1.54, 1.807) is 24.3 Å². The molecule has 0 unspecified atom stereocenters. The first-order valence-electron chi connectivity index (χ1n) is 14.0. The van der Waals surface area contributed by atoms with E-state index in [-0.39, 0.29) is 11.5 Å². The average molecular weight is 516 g/mol. The summed E-state index contributed by atoms with van der Waals surface area (Å²) in [5.41, 5.74) is 0.819. The number of esters is 3. The molecule has 1 heterocycles. The molecule has 206 valence electrons. The molecule has 0 spiro atoms. The predicted octanol–water partition coefficient (Wildman–Crippen LogP) is 7.46. The van der Waals surface area contributed by atoms with Gasteiger partial charge in [-0.25, -0.2) is 14.4 Å². The summed E-state index contributed by atoms with van der Waals surface area (Å²) in [4.78, 5) is 36.2. The third kappa shape index (κ3) is 12.3. The Labute approximate surface area is 222 Å². The number of carbonyl (C=O) groups is 3. The number of ether oxygens (including phenoxy) is 3. The first kappa shape index (κ1) is 30.4. The maximum absolute atomic E-state index is 12.3. The third-order valence-electron chi connectivity index (χ3n) is 6.35. The molecular weight excluding hydrogens is 470 g/mol. The van der Waals surface area contributed by atoms with Gasteiger partial charge in [0.15, 0.2) is 5.57 Å². The smallest absolute Gasteiger partial charge is 0.350 e. The fraction of sp³-hybridized carbons (Fsp3) is 0.633. The van der Waals surface area contributed by atoms with Gasteiger partial charge in [0.1, 0.15) is 0 Å². The van der Waals surface area contributed by atoms with E-state index in [9.17, 15) is 14.4 Å². The Kier molecular flexibility index (Phi) is 13.8. The molecule has 37 heavy (non-hydrogen) atoms. The minimum Gasteiger partial charge on any atom is -0.462 e. The second-order valence-corrected chi connectivity index (χ2v) is 10.2. The SMILES string of the molecule is CCCCCCCCCCCCCCCCOC(=O)c1ccc(NC=C2C(=O)OC(C)(C)OC2=O)cc1. The van der Waals surface area contributed by atoms with Crippen LogP contribution in [-0.2, 0) is 23.8 Å². The molecule has 0 atom stereocenters. The lowest BCUT2D eigenvalue weighted by Crippen LogP contribution is -2.42. The second kappa shape index (κ2) is 16.8. The van der Waals surface area contributed by atoms with Gasteiger partial charge in [0, 0.05) is 25.7 Å². The molecule has 1 aromatic rings. The van der Waals surface area contributed by atoms with Crippen molar-refractivity contribution in [1.29, 1.82) is 0 Å². The van der Waals surface area contributed by atoms with Crippen LogP contribution in [-0.4, -0.2) is 30.3 Å². The normalized spacial score (nSPS) is 14.6. The quantitative estimate of drug-likeness (QED) is 0.0939. The Morgan fingerprint density at radius 1 is 0.784 bits per heavy atom. The fourth-order valence-electron chi connectivity index (χ4n) is 4.18. The van der Waals surface area contributed by atoms with Gasteiger partial charge in [-0.2, -0.15) is 0 Å². The second-order valence-electron chi connectivity index (χ2n) is 10.2. The molecule has 2 rings (SSSR count). The van der Waals surface area contributed by atoms with Crippen LogP contribution in [0, 0.1) is 0 Å². The van der Waals surface area contributed by atoms with Crippen LogP contribution in [0.1, 0.15) is 121 Å². The highest BCUT2D eigenvalue weighted by molar-refractivity contribution is 6.15. The zero-order chi connectivity index (χ0) is 26.9. The average Bonchev–Trinajstić information content (AvgIpc) is 2.85. The summed E-state index contributed by atoms with van der Waals surface area (Å²) >= 11 is 0. The molecule has 1 fully saturated rings. The number of hydrogen-bond donors (Lipinski definition) is 1. The molecule has 0 aromatic heterocycles. The van der Waals surface area contributed by atoms with Gasteiger partial charge in [-0.3, -0.25) is 0 Å². The number of rotatable bonds is 18. The molecule has 7 nitrogen and oxygen atoms in total. The standard InChI is InChI=1S/C30H45NO6/c1-4-5-6-7-8-9-10-11-12-13-14-15-16-17-22-35-27(32)24-18-20-25(21-19-24)31-23-26-28(33)36-30(2,3)37-29(26)34/h18-21,23,31H,4-17,22H2,1-3H3. The van der Waals surface area contributed by atoms with Crippen LogP contribution in [0.15, 0.2) is 36.0 Å². The van der Waals surface area contributed by atoms with Crippen LogP contribution in [0.3, 0.4) is 0 Å². The maximum Gasteiger partial charge on any atom is 0.350 e. The molecule has 1 aliphatic rings. The molecule has 0 bridgehead atoms. The van der Waals surface area contributed by atoms with E-state index in [4.69, 9.17) is 14.2 Å².